The van der Waals surface area contributed by atoms with E-state index < -0.39 is 5.60 Å². The molecule has 0 heterocycles. The summed E-state index contributed by atoms with van der Waals surface area (Å²) in [4.78, 5) is 11.6. The number of nitrogens with one attached hydrogen (secondary N) is 1. The molecular weight excluding hydrogens is 206 g/mol. The van der Waals surface area contributed by atoms with Gasteiger partial charge in [0.2, 0.25) is 0 Å². The lowest BCUT2D eigenvalue weighted by atomic mass is 9.82. The minimum absolute atomic E-state index is 0.136. The molecule has 16 heavy (non-hydrogen) atoms. The highest BCUT2D eigenvalue weighted by molar-refractivity contribution is 5.75. The maximum absolute atomic E-state index is 11.6. The first kappa shape index (κ1) is 13.5. The molecule has 0 bridgehead atoms. The Balaban J connectivity index is 2.19. The average molecular weight is 229 g/mol. The van der Waals surface area contributed by atoms with Gasteiger partial charge >= 0.3 is 5.97 Å². The fourth-order valence-electron chi connectivity index (χ4n) is 1.68. The van der Waals surface area contributed by atoms with E-state index in [4.69, 9.17) is 9.84 Å². The molecule has 0 aromatic carbocycles. The second-order valence-electron chi connectivity index (χ2n) is 5.65. The van der Waals surface area contributed by atoms with Gasteiger partial charge in [-0.2, -0.15) is 0 Å². The molecule has 0 radical (unpaired) electrons. The van der Waals surface area contributed by atoms with Crippen molar-refractivity contribution in [2.75, 3.05) is 6.54 Å². The lowest BCUT2D eigenvalue weighted by Gasteiger charge is -2.32. The number of hydrogen-bond donors (Lipinski definition) is 2. The van der Waals surface area contributed by atoms with Gasteiger partial charge in [-0.3, -0.25) is 4.79 Å². The van der Waals surface area contributed by atoms with Gasteiger partial charge in [0.05, 0.1) is 6.10 Å². The standard InChI is InChI=1S/C12H23NO3/c1-8(11(15)16-12(2,3)4)13-7-9-5-10(14)6-9/h8-10,13-14H,5-7H2,1-4H3. The van der Waals surface area contributed by atoms with Gasteiger partial charge in [-0.15, -0.1) is 0 Å². The van der Waals surface area contributed by atoms with Crippen molar-refractivity contribution >= 4 is 5.97 Å². The predicted molar refractivity (Wildman–Crippen MR) is 62.0 cm³/mol. The van der Waals surface area contributed by atoms with E-state index >= 15 is 0 Å². The maximum atomic E-state index is 11.6. The second kappa shape index (κ2) is 5.15. The molecule has 0 aromatic rings. The first-order chi connectivity index (χ1) is 7.28. The third-order valence-corrected chi connectivity index (χ3v) is 2.68. The third kappa shape index (κ3) is 4.49. The highest BCUT2D eigenvalue weighted by Crippen LogP contribution is 2.26. The molecule has 94 valence electrons. The minimum atomic E-state index is -0.431. The van der Waals surface area contributed by atoms with Crippen LogP contribution >= 0.6 is 0 Å². The van der Waals surface area contributed by atoms with Crippen LogP contribution in [-0.2, 0) is 9.53 Å². The van der Waals surface area contributed by atoms with Crippen LogP contribution in [0.3, 0.4) is 0 Å². The normalized spacial score (nSPS) is 27.1. The molecular formula is C12H23NO3. The molecule has 0 saturated heterocycles. The minimum Gasteiger partial charge on any atom is -0.459 e. The van der Waals surface area contributed by atoms with Gasteiger partial charge in [-0.25, -0.2) is 0 Å². The topological polar surface area (TPSA) is 58.6 Å². The summed E-state index contributed by atoms with van der Waals surface area (Å²) in [6.45, 7) is 8.17. The number of esters is 1. The van der Waals surface area contributed by atoms with Crippen LogP contribution in [0.4, 0.5) is 0 Å². The van der Waals surface area contributed by atoms with Crippen LogP contribution in [-0.4, -0.2) is 35.4 Å². The van der Waals surface area contributed by atoms with Gasteiger partial charge in [0.15, 0.2) is 0 Å². The molecule has 1 aliphatic carbocycles. The monoisotopic (exact) mass is 229 g/mol. The maximum Gasteiger partial charge on any atom is 0.323 e. The molecule has 0 aliphatic heterocycles. The Morgan fingerprint density at radius 2 is 2.06 bits per heavy atom. The molecule has 1 atom stereocenters. The molecule has 1 aliphatic rings. The predicted octanol–water partition coefficient (Wildman–Crippen LogP) is 1.08. The highest BCUT2D eigenvalue weighted by Gasteiger charge is 2.28. The zero-order valence-corrected chi connectivity index (χ0v) is 10.6. The van der Waals surface area contributed by atoms with E-state index in [0.29, 0.717) is 5.92 Å². The van der Waals surface area contributed by atoms with E-state index in [2.05, 4.69) is 5.32 Å². The zero-order valence-electron chi connectivity index (χ0n) is 10.6. The SMILES string of the molecule is CC(NCC1CC(O)C1)C(=O)OC(C)(C)C. The molecule has 0 spiro atoms. The summed E-state index contributed by atoms with van der Waals surface area (Å²) in [5.74, 6) is 0.284. The summed E-state index contributed by atoms with van der Waals surface area (Å²) in [7, 11) is 0. The summed E-state index contributed by atoms with van der Waals surface area (Å²) in [6.07, 6.45) is 1.55. The van der Waals surface area contributed by atoms with Crippen LogP contribution in [0.2, 0.25) is 0 Å². The smallest absolute Gasteiger partial charge is 0.323 e. The fraction of sp³-hybridized carbons (Fsp3) is 0.917. The number of carbonyl (C=O) groups excluding carboxylic acids is 1. The number of hydrogen-bond acceptors (Lipinski definition) is 4. The zero-order chi connectivity index (χ0) is 12.3. The van der Waals surface area contributed by atoms with Crippen molar-refractivity contribution in [2.45, 2.75) is 58.3 Å². The second-order valence-corrected chi connectivity index (χ2v) is 5.65. The van der Waals surface area contributed by atoms with E-state index in [1.54, 1.807) is 0 Å². The van der Waals surface area contributed by atoms with Crippen molar-refractivity contribution in [2.24, 2.45) is 5.92 Å². The van der Waals surface area contributed by atoms with Gasteiger partial charge in [0.1, 0.15) is 11.6 Å². The Labute approximate surface area is 97.4 Å². The molecule has 1 saturated carbocycles. The van der Waals surface area contributed by atoms with Crippen LogP contribution in [0.25, 0.3) is 0 Å². The van der Waals surface area contributed by atoms with E-state index in [0.717, 1.165) is 19.4 Å². The number of aliphatic hydroxyl groups is 1. The average Bonchev–Trinajstić information content (AvgIpc) is 2.07. The van der Waals surface area contributed by atoms with Gasteiger partial charge in [-0.1, -0.05) is 0 Å². The number of carbonyl (C=O) groups is 1. The van der Waals surface area contributed by atoms with Crippen LogP contribution in [0, 0.1) is 5.92 Å². The fourth-order valence-corrected chi connectivity index (χ4v) is 1.68. The van der Waals surface area contributed by atoms with Gasteiger partial charge in [-0.05, 0) is 53.0 Å². The van der Waals surface area contributed by atoms with E-state index in [1.807, 2.05) is 27.7 Å². The van der Waals surface area contributed by atoms with Gasteiger partial charge < -0.3 is 15.2 Å². The molecule has 0 aromatic heterocycles. The van der Waals surface area contributed by atoms with Crippen molar-refractivity contribution in [1.82, 2.24) is 5.32 Å². The Bertz CT molecular complexity index is 241. The summed E-state index contributed by atoms with van der Waals surface area (Å²) in [5, 5.41) is 12.3. The van der Waals surface area contributed by atoms with Gasteiger partial charge in [0, 0.05) is 0 Å². The quantitative estimate of drug-likeness (QED) is 0.708. The first-order valence-corrected chi connectivity index (χ1v) is 5.92. The third-order valence-electron chi connectivity index (χ3n) is 2.68. The largest absolute Gasteiger partial charge is 0.459 e. The van der Waals surface area contributed by atoms with Crippen molar-refractivity contribution in [1.29, 1.82) is 0 Å². The molecule has 1 rings (SSSR count). The Morgan fingerprint density at radius 1 is 1.50 bits per heavy atom. The molecule has 4 nitrogen and oxygen atoms in total. The van der Waals surface area contributed by atoms with E-state index in [1.165, 1.54) is 0 Å². The molecule has 1 unspecified atom stereocenters. The van der Waals surface area contributed by atoms with Crippen LogP contribution in [0.15, 0.2) is 0 Å². The van der Waals surface area contributed by atoms with Crippen LogP contribution < -0.4 is 5.32 Å². The molecule has 2 N–H and O–H groups in total. The van der Waals surface area contributed by atoms with E-state index in [9.17, 15) is 4.79 Å². The van der Waals surface area contributed by atoms with Crippen molar-refractivity contribution in [3.8, 4) is 0 Å². The lowest BCUT2D eigenvalue weighted by Crippen LogP contribution is -2.44. The Hall–Kier alpha value is -0.610. The number of rotatable bonds is 4. The summed E-state index contributed by atoms with van der Waals surface area (Å²) < 4.78 is 5.25. The van der Waals surface area contributed by atoms with Crippen LogP contribution in [0.1, 0.15) is 40.5 Å². The Kier molecular flexibility index (Phi) is 4.33. The number of aliphatic hydroxyl groups excluding tert-OH is 1. The summed E-state index contributed by atoms with van der Waals surface area (Å²) >= 11 is 0. The molecule has 0 amide bonds. The van der Waals surface area contributed by atoms with Crippen LogP contribution in [0.5, 0.6) is 0 Å². The lowest BCUT2D eigenvalue weighted by molar-refractivity contribution is -0.157. The molecule has 4 heteroatoms. The van der Waals surface area contributed by atoms with E-state index in [-0.39, 0.29) is 18.1 Å². The summed E-state index contributed by atoms with van der Waals surface area (Å²) in [6, 6.07) is -0.281. The summed E-state index contributed by atoms with van der Waals surface area (Å²) in [5.41, 5.74) is -0.431. The van der Waals surface area contributed by atoms with Crippen molar-refractivity contribution < 1.29 is 14.6 Å². The number of ether oxygens (including phenoxy) is 1. The highest BCUT2D eigenvalue weighted by atomic mass is 16.6. The Morgan fingerprint density at radius 3 is 2.50 bits per heavy atom. The molecule has 1 fully saturated rings. The van der Waals surface area contributed by atoms with Crippen molar-refractivity contribution in [3.63, 3.8) is 0 Å². The first-order valence-electron chi connectivity index (χ1n) is 5.92. The van der Waals surface area contributed by atoms with Crippen molar-refractivity contribution in [3.05, 3.63) is 0 Å². The van der Waals surface area contributed by atoms with Gasteiger partial charge in [0.25, 0.3) is 0 Å².